The molecule has 0 bridgehead atoms. The molecule has 2 aromatic carbocycles. The molecule has 0 spiro atoms. The molecule has 4 rings (SSSR count). The zero-order chi connectivity index (χ0) is 19.7. The molecule has 1 N–H and O–H groups in total. The van der Waals surface area contributed by atoms with E-state index in [2.05, 4.69) is 10.3 Å². The van der Waals surface area contributed by atoms with E-state index in [1.807, 2.05) is 28.8 Å². The number of carbonyl (C=O) groups is 1. The van der Waals surface area contributed by atoms with Gasteiger partial charge in [-0.1, -0.05) is 24.3 Å². The van der Waals surface area contributed by atoms with Crippen LogP contribution in [0.15, 0.2) is 59.8 Å². The number of rotatable bonds is 5. The molecule has 1 aliphatic heterocycles. The van der Waals surface area contributed by atoms with Gasteiger partial charge in [-0.15, -0.1) is 0 Å². The summed E-state index contributed by atoms with van der Waals surface area (Å²) in [6.45, 7) is 2.23. The highest BCUT2D eigenvalue weighted by molar-refractivity contribution is 5.94. The van der Waals surface area contributed by atoms with E-state index in [1.165, 1.54) is 12.1 Å². The Labute approximate surface area is 161 Å². The first-order chi connectivity index (χ1) is 13.6. The van der Waals surface area contributed by atoms with Crippen LogP contribution in [0.25, 0.3) is 11.0 Å². The summed E-state index contributed by atoms with van der Waals surface area (Å²) in [4.78, 5) is 17.5. The maximum absolute atomic E-state index is 14.0. The van der Waals surface area contributed by atoms with E-state index in [9.17, 15) is 9.18 Å². The Morgan fingerprint density at radius 2 is 2.04 bits per heavy atom. The van der Waals surface area contributed by atoms with Crippen molar-refractivity contribution in [3.63, 3.8) is 0 Å². The predicted octanol–water partition coefficient (Wildman–Crippen LogP) is 3.65. The van der Waals surface area contributed by atoms with Crippen molar-refractivity contribution in [1.82, 2.24) is 9.55 Å². The second-order valence-electron chi connectivity index (χ2n) is 6.54. The molecule has 0 amide bonds. The number of carbonyl (C=O) groups excluding carboxylic acids is 1. The van der Waals surface area contributed by atoms with Gasteiger partial charge in [0.05, 0.1) is 29.3 Å². The van der Waals surface area contributed by atoms with Gasteiger partial charge in [0.1, 0.15) is 12.4 Å². The standard InChI is InChI=1S/C21H20FN3O3/c1-13-18(20(26)28-11-10-27-2)19(14-6-5-7-15(22)12-14)25-17-9-4-3-8-16(17)24-21(25)23-13/h3-9,12,19H,10-11H2,1-2H3,(H,23,24)/t19-/m0/s1. The molecule has 28 heavy (non-hydrogen) atoms. The van der Waals surface area contributed by atoms with Crippen LogP contribution in [0.4, 0.5) is 10.3 Å². The number of imidazole rings is 1. The molecule has 0 unspecified atom stereocenters. The van der Waals surface area contributed by atoms with E-state index >= 15 is 0 Å². The summed E-state index contributed by atoms with van der Waals surface area (Å²) in [7, 11) is 1.54. The van der Waals surface area contributed by atoms with Gasteiger partial charge in [0.15, 0.2) is 0 Å². The number of hydrogen-bond donors (Lipinski definition) is 1. The zero-order valence-corrected chi connectivity index (χ0v) is 15.6. The number of para-hydroxylation sites is 2. The Hall–Kier alpha value is -3.19. The molecule has 1 aromatic heterocycles. The van der Waals surface area contributed by atoms with Gasteiger partial charge in [-0.25, -0.2) is 14.2 Å². The summed E-state index contributed by atoms with van der Waals surface area (Å²) < 4.78 is 26.3. The van der Waals surface area contributed by atoms with Crippen LogP contribution < -0.4 is 5.32 Å². The molecule has 6 nitrogen and oxygen atoms in total. The number of nitrogens with one attached hydrogen (secondary N) is 1. The second kappa shape index (κ2) is 7.44. The maximum atomic E-state index is 14.0. The fourth-order valence-electron chi connectivity index (χ4n) is 3.52. The van der Waals surface area contributed by atoms with E-state index in [1.54, 1.807) is 26.2 Å². The molecular formula is C21H20FN3O3. The number of benzene rings is 2. The summed E-state index contributed by atoms with van der Waals surface area (Å²) in [5.41, 5.74) is 3.31. The number of halogens is 1. The van der Waals surface area contributed by atoms with Crippen molar-refractivity contribution >= 4 is 23.0 Å². The average Bonchev–Trinajstić information content (AvgIpc) is 3.04. The lowest BCUT2D eigenvalue weighted by Crippen LogP contribution is -2.29. The van der Waals surface area contributed by atoms with Crippen LogP contribution >= 0.6 is 0 Å². The van der Waals surface area contributed by atoms with E-state index in [-0.39, 0.29) is 12.4 Å². The number of ether oxygens (including phenoxy) is 2. The van der Waals surface area contributed by atoms with Crippen molar-refractivity contribution in [1.29, 1.82) is 0 Å². The van der Waals surface area contributed by atoms with Crippen LogP contribution in [-0.4, -0.2) is 35.8 Å². The van der Waals surface area contributed by atoms with Crippen molar-refractivity contribution in [2.45, 2.75) is 13.0 Å². The largest absolute Gasteiger partial charge is 0.460 e. The average molecular weight is 381 g/mol. The van der Waals surface area contributed by atoms with Crippen molar-refractivity contribution in [2.75, 3.05) is 25.6 Å². The van der Waals surface area contributed by atoms with Crippen LogP contribution in [0.3, 0.4) is 0 Å². The zero-order valence-electron chi connectivity index (χ0n) is 15.6. The van der Waals surface area contributed by atoms with Crippen molar-refractivity contribution in [3.8, 4) is 0 Å². The third-order valence-corrected chi connectivity index (χ3v) is 4.74. The van der Waals surface area contributed by atoms with Crippen molar-refractivity contribution < 1.29 is 18.7 Å². The summed E-state index contributed by atoms with van der Waals surface area (Å²) in [5, 5.41) is 3.19. The fourth-order valence-corrected chi connectivity index (χ4v) is 3.52. The van der Waals surface area contributed by atoms with Gasteiger partial charge in [0.25, 0.3) is 0 Å². The molecule has 2 heterocycles. The smallest absolute Gasteiger partial charge is 0.338 e. The van der Waals surface area contributed by atoms with E-state index in [0.29, 0.717) is 29.4 Å². The number of allylic oxidation sites excluding steroid dienone is 1. The molecule has 0 aliphatic carbocycles. The van der Waals surface area contributed by atoms with Crippen LogP contribution in [0, 0.1) is 5.82 Å². The van der Waals surface area contributed by atoms with Crippen LogP contribution in [0.1, 0.15) is 18.5 Å². The van der Waals surface area contributed by atoms with Gasteiger partial charge in [-0.2, -0.15) is 0 Å². The summed E-state index contributed by atoms with van der Waals surface area (Å²) in [6, 6.07) is 13.3. The van der Waals surface area contributed by atoms with Gasteiger partial charge in [0, 0.05) is 12.8 Å². The minimum Gasteiger partial charge on any atom is -0.460 e. The number of aromatic nitrogens is 2. The number of fused-ring (bicyclic) bond motifs is 3. The topological polar surface area (TPSA) is 65.4 Å². The van der Waals surface area contributed by atoms with Gasteiger partial charge in [-0.3, -0.25) is 4.57 Å². The molecule has 1 atom stereocenters. The summed E-state index contributed by atoms with van der Waals surface area (Å²) in [5.74, 6) is -0.243. The summed E-state index contributed by atoms with van der Waals surface area (Å²) in [6.07, 6.45) is 0. The summed E-state index contributed by atoms with van der Waals surface area (Å²) >= 11 is 0. The molecule has 1 aliphatic rings. The quantitative estimate of drug-likeness (QED) is 0.540. The Morgan fingerprint density at radius 3 is 2.82 bits per heavy atom. The first-order valence-electron chi connectivity index (χ1n) is 8.96. The predicted molar refractivity (Wildman–Crippen MR) is 103 cm³/mol. The maximum Gasteiger partial charge on any atom is 0.338 e. The number of anilines is 1. The molecular weight excluding hydrogens is 361 g/mol. The number of nitrogens with zero attached hydrogens (tertiary/aromatic N) is 2. The van der Waals surface area contributed by atoms with E-state index < -0.39 is 12.0 Å². The number of methoxy groups -OCH3 is 1. The van der Waals surface area contributed by atoms with Gasteiger partial charge < -0.3 is 14.8 Å². The first kappa shape index (κ1) is 18.2. The minimum absolute atomic E-state index is 0.138. The first-order valence-corrected chi connectivity index (χ1v) is 8.96. The molecule has 0 saturated heterocycles. The monoisotopic (exact) mass is 381 g/mol. The SMILES string of the molecule is COCCOC(=O)C1=C(C)Nc2nc3ccccc3n2[C@H]1c1cccc(F)c1. The molecule has 0 saturated carbocycles. The van der Waals surface area contributed by atoms with E-state index in [0.717, 1.165) is 11.0 Å². The second-order valence-corrected chi connectivity index (χ2v) is 6.54. The highest BCUT2D eigenvalue weighted by atomic mass is 19.1. The van der Waals surface area contributed by atoms with Crippen LogP contribution in [-0.2, 0) is 14.3 Å². The Morgan fingerprint density at radius 1 is 1.21 bits per heavy atom. The lowest BCUT2D eigenvalue weighted by atomic mass is 9.95. The number of esters is 1. The fraction of sp³-hybridized carbons (Fsp3) is 0.238. The van der Waals surface area contributed by atoms with Crippen LogP contribution in [0.2, 0.25) is 0 Å². The Kier molecular flexibility index (Phi) is 4.83. The Balaban J connectivity index is 1.88. The van der Waals surface area contributed by atoms with Crippen molar-refractivity contribution in [2.24, 2.45) is 0 Å². The highest BCUT2D eigenvalue weighted by Crippen LogP contribution is 2.39. The van der Waals surface area contributed by atoms with Gasteiger partial charge in [-0.05, 0) is 36.8 Å². The highest BCUT2D eigenvalue weighted by Gasteiger charge is 2.35. The Bertz CT molecular complexity index is 1070. The van der Waals surface area contributed by atoms with Crippen LogP contribution in [0.5, 0.6) is 0 Å². The van der Waals surface area contributed by atoms with Gasteiger partial charge >= 0.3 is 5.97 Å². The molecule has 7 heteroatoms. The third-order valence-electron chi connectivity index (χ3n) is 4.74. The minimum atomic E-state index is -0.561. The molecule has 0 fully saturated rings. The van der Waals surface area contributed by atoms with Gasteiger partial charge in [0.2, 0.25) is 5.95 Å². The molecule has 0 radical (unpaired) electrons. The lowest BCUT2D eigenvalue weighted by Gasteiger charge is -2.30. The normalized spacial score (nSPS) is 16.0. The number of hydrogen-bond acceptors (Lipinski definition) is 5. The van der Waals surface area contributed by atoms with E-state index in [4.69, 9.17) is 9.47 Å². The third kappa shape index (κ3) is 3.14. The van der Waals surface area contributed by atoms with Crippen molar-refractivity contribution in [3.05, 3.63) is 71.2 Å². The molecule has 144 valence electrons. The lowest BCUT2D eigenvalue weighted by molar-refractivity contribution is -0.140. The molecule has 3 aromatic rings.